The van der Waals surface area contributed by atoms with Crippen LogP contribution in [0.15, 0.2) is 122 Å². The van der Waals surface area contributed by atoms with E-state index in [0.29, 0.717) is 30.6 Å². The highest BCUT2D eigenvalue weighted by Crippen LogP contribution is 2.49. The first kappa shape index (κ1) is 45.4. The number of fused-ring (bicyclic) bond motifs is 4. The van der Waals surface area contributed by atoms with Crippen molar-refractivity contribution in [2.75, 3.05) is 42.5 Å². The molecule has 2 aromatic heterocycles. The van der Waals surface area contributed by atoms with Crippen LogP contribution in [0.2, 0.25) is 0 Å². The number of carbonyl (C=O) groups excluding carboxylic acids is 2. The molecule has 2 saturated heterocycles. The minimum atomic E-state index is -2.44. The van der Waals surface area contributed by atoms with Gasteiger partial charge in [0.05, 0.1) is 30.5 Å². The molecule has 65 heavy (non-hydrogen) atoms. The topological polar surface area (TPSA) is 65.8 Å². The lowest BCUT2D eigenvalue weighted by Crippen LogP contribution is -2.42. The molecule has 0 saturated carbocycles. The first-order chi connectivity index (χ1) is 31.2. The van der Waals surface area contributed by atoms with Gasteiger partial charge in [-0.2, -0.15) is 0 Å². The molecule has 14 heteroatoms. The van der Waals surface area contributed by atoms with E-state index in [4.69, 9.17) is 0 Å². The Hall–Kier alpha value is -6.12. The van der Waals surface area contributed by atoms with E-state index in [1.807, 2.05) is 121 Å². The summed E-state index contributed by atoms with van der Waals surface area (Å²) in [6.45, 7) is 3.64. The summed E-state index contributed by atoms with van der Waals surface area (Å²) in [5.74, 6) is -0.715. The van der Waals surface area contributed by atoms with Gasteiger partial charge in [0.2, 0.25) is 18.2 Å². The largest absolute Gasteiger partial charge is 0.357 e. The normalized spacial score (nSPS) is 19.9. The molecule has 2 amide bonds. The lowest BCUT2D eigenvalue weighted by Gasteiger charge is -2.25. The Morgan fingerprint density at radius 1 is 0.631 bits per heavy atom. The van der Waals surface area contributed by atoms with Gasteiger partial charge >= 0.3 is 0 Å². The lowest BCUT2D eigenvalue weighted by molar-refractivity contribution is -0.123. The van der Waals surface area contributed by atoms with Gasteiger partial charge in [-0.15, -0.1) is 0 Å². The summed E-state index contributed by atoms with van der Waals surface area (Å²) < 4.78 is 81.2. The van der Waals surface area contributed by atoms with Crippen LogP contribution in [0.3, 0.4) is 0 Å². The van der Waals surface area contributed by atoms with E-state index in [2.05, 4.69) is 5.32 Å². The fourth-order valence-corrected chi connectivity index (χ4v) is 9.64. The maximum absolute atomic E-state index is 15.0. The highest BCUT2D eigenvalue weighted by Gasteiger charge is 2.55. The van der Waals surface area contributed by atoms with Crippen LogP contribution in [-0.2, 0) is 47.6 Å². The quantitative estimate of drug-likeness (QED) is 0.147. The van der Waals surface area contributed by atoms with Gasteiger partial charge in [0, 0.05) is 80.9 Å². The molecule has 340 valence electrons. The molecule has 0 aliphatic carbocycles. The zero-order valence-corrected chi connectivity index (χ0v) is 36.6. The van der Waals surface area contributed by atoms with Crippen LogP contribution in [-0.4, -0.2) is 71.4 Å². The number of benzene rings is 4. The number of anilines is 2. The lowest BCUT2D eigenvalue weighted by atomic mass is 9.81. The number of nitrogens with one attached hydrogen (secondary N) is 1. The number of rotatable bonds is 9. The molecule has 2 spiro atoms. The van der Waals surface area contributed by atoms with Crippen LogP contribution in [0.25, 0.3) is 22.3 Å². The maximum Gasteiger partial charge on any atom is 0.251 e. The molecule has 8 nitrogen and oxygen atoms in total. The van der Waals surface area contributed by atoms with Crippen molar-refractivity contribution >= 4 is 23.2 Å². The number of aromatic nitrogens is 2. The third-order valence-electron chi connectivity index (χ3n) is 13.0. The van der Waals surface area contributed by atoms with Crippen LogP contribution in [0.4, 0.5) is 37.7 Å². The third kappa shape index (κ3) is 8.98. The van der Waals surface area contributed by atoms with Gasteiger partial charge in [-0.05, 0) is 95.7 Å². The summed E-state index contributed by atoms with van der Waals surface area (Å²) in [5, 5.41) is 3.33. The van der Waals surface area contributed by atoms with Gasteiger partial charge in [-0.1, -0.05) is 67.6 Å². The molecular formula is C51H52F6N6O2. The molecule has 2 fully saturated rings. The average molecular weight is 895 g/mol. The number of nitrogens with zero attached hydrogens (tertiary/aromatic N) is 5. The average Bonchev–Trinajstić information content (AvgIpc) is 4.17. The molecule has 0 radical (unpaired) electrons. The molecule has 1 N–H and O–H groups in total. The number of hydrogen-bond acceptors (Lipinski definition) is 4. The summed E-state index contributed by atoms with van der Waals surface area (Å²) in [4.78, 5) is 32.0. The summed E-state index contributed by atoms with van der Waals surface area (Å²) in [6.07, 6.45) is 4.42. The predicted octanol–water partition coefficient (Wildman–Crippen LogP) is 9.86. The predicted molar refractivity (Wildman–Crippen MR) is 241 cm³/mol. The van der Waals surface area contributed by atoms with E-state index < -0.39 is 23.7 Å². The number of halogens is 6. The molecule has 4 aliphatic heterocycles. The zero-order valence-electron chi connectivity index (χ0n) is 36.6. The van der Waals surface area contributed by atoms with Gasteiger partial charge in [0.25, 0.3) is 6.43 Å². The van der Waals surface area contributed by atoms with Gasteiger partial charge in [0.15, 0.2) is 0 Å². The van der Waals surface area contributed by atoms with Crippen molar-refractivity contribution < 1.29 is 35.9 Å². The maximum atomic E-state index is 15.0. The van der Waals surface area contributed by atoms with Crippen molar-refractivity contribution in [2.24, 2.45) is 14.1 Å². The van der Waals surface area contributed by atoms with Crippen molar-refractivity contribution in [1.82, 2.24) is 19.4 Å². The fraction of sp³-hybridized carbons (Fsp3) is 0.333. The standard InChI is InChI=1S/C25H24F3N3O.C23H22FN3O.C3H6F2/c1-29-10-8-18(13-29)17-6-7-19(21(26)12-17)14-31-22-5-3-2-4-20(22)25(24(31)32)9-11-30(16-25)15-23(27)28;1-26-11-8-17(13-26)16-6-7-18(20(24)12-16)14-27-21-5-3-2-4-19(21)23(22(27)28)9-10-25-15-23;1-2-3(4)5/h2-8,10,12-13,23H,9,11,14-16H2,1H3;2-8,11-13,25H,9-10,14-15H2,1H3;3H,2H2,1H3. The van der Waals surface area contributed by atoms with Crippen LogP contribution >= 0.6 is 0 Å². The summed E-state index contributed by atoms with van der Waals surface area (Å²) in [5.41, 5.74) is 6.68. The molecule has 6 heterocycles. The van der Waals surface area contributed by atoms with Crippen molar-refractivity contribution in [3.8, 4) is 22.3 Å². The molecule has 2 unspecified atom stereocenters. The first-order valence-corrected chi connectivity index (χ1v) is 21.9. The second-order valence-electron chi connectivity index (χ2n) is 17.3. The Morgan fingerprint density at radius 2 is 1.12 bits per heavy atom. The van der Waals surface area contributed by atoms with Crippen molar-refractivity contribution in [1.29, 1.82) is 0 Å². The van der Waals surface area contributed by atoms with E-state index in [0.717, 1.165) is 57.7 Å². The smallest absolute Gasteiger partial charge is 0.251 e. The Kier molecular flexibility index (Phi) is 13.1. The van der Waals surface area contributed by atoms with Crippen LogP contribution < -0.4 is 15.1 Å². The van der Waals surface area contributed by atoms with Crippen molar-refractivity contribution in [3.63, 3.8) is 0 Å². The number of alkyl halides is 4. The van der Waals surface area contributed by atoms with Gasteiger partial charge in [-0.25, -0.2) is 26.3 Å². The monoisotopic (exact) mass is 894 g/mol. The molecule has 6 aromatic rings. The number of carbonyl (C=O) groups is 2. The minimum Gasteiger partial charge on any atom is -0.357 e. The van der Waals surface area contributed by atoms with Crippen LogP contribution in [0, 0.1) is 11.6 Å². The van der Waals surface area contributed by atoms with E-state index in [1.54, 1.807) is 32.9 Å². The Bertz CT molecular complexity index is 2670. The number of amides is 2. The highest BCUT2D eigenvalue weighted by molar-refractivity contribution is 6.09. The van der Waals surface area contributed by atoms with Gasteiger partial charge in [-0.3, -0.25) is 14.5 Å². The molecule has 4 aliphatic rings. The van der Waals surface area contributed by atoms with Gasteiger partial charge in [0.1, 0.15) is 11.6 Å². The third-order valence-corrected chi connectivity index (χ3v) is 13.0. The van der Waals surface area contributed by atoms with Crippen molar-refractivity contribution in [2.45, 2.75) is 63.0 Å². The first-order valence-electron chi connectivity index (χ1n) is 21.9. The Labute approximate surface area is 375 Å². The van der Waals surface area contributed by atoms with Crippen LogP contribution in [0.1, 0.15) is 48.4 Å². The van der Waals surface area contributed by atoms with E-state index in [9.17, 15) is 31.5 Å². The number of aryl methyl sites for hydroxylation is 2. The number of para-hydroxylation sites is 2. The Morgan fingerprint density at radius 3 is 1.55 bits per heavy atom. The molecule has 0 bridgehead atoms. The minimum absolute atomic E-state index is 0.0278. The second-order valence-corrected chi connectivity index (χ2v) is 17.3. The number of likely N-dealkylation sites (tertiary alicyclic amines) is 1. The molecule has 2 atom stereocenters. The zero-order chi connectivity index (χ0) is 46.0. The molecular weight excluding hydrogens is 843 g/mol. The van der Waals surface area contributed by atoms with E-state index >= 15 is 4.39 Å². The summed E-state index contributed by atoms with van der Waals surface area (Å²) in [7, 11) is 3.85. The highest BCUT2D eigenvalue weighted by atomic mass is 19.3. The fourth-order valence-electron chi connectivity index (χ4n) is 9.64. The van der Waals surface area contributed by atoms with E-state index in [1.165, 1.54) is 13.0 Å². The Balaban J connectivity index is 0.000000162. The van der Waals surface area contributed by atoms with Gasteiger partial charge < -0.3 is 24.3 Å². The number of hydrogen-bond donors (Lipinski definition) is 1. The van der Waals surface area contributed by atoms with Crippen LogP contribution in [0.5, 0.6) is 0 Å². The molecule has 4 aromatic carbocycles. The summed E-state index contributed by atoms with van der Waals surface area (Å²) in [6, 6.07) is 29.6. The van der Waals surface area contributed by atoms with E-state index in [-0.39, 0.29) is 56.0 Å². The SMILES string of the molecule is CCC(F)F.Cn1ccc(-c2ccc(CN3C(=O)C4(CCN(CC(F)F)C4)c4ccccc43)c(F)c2)c1.Cn1ccc(-c2ccc(CN3C(=O)C4(CCNC4)c4ccccc43)c(F)c2)c1. The summed E-state index contributed by atoms with van der Waals surface area (Å²) >= 11 is 0. The second kappa shape index (κ2) is 18.8. The molecule has 10 rings (SSSR count). The van der Waals surface area contributed by atoms with Crippen molar-refractivity contribution in [3.05, 3.63) is 156 Å².